The van der Waals surface area contributed by atoms with Crippen molar-refractivity contribution in [2.24, 2.45) is 0 Å². The number of nitrogens with one attached hydrogen (secondary N) is 2. The molecule has 8 heteroatoms. The van der Waals surface area contributed by atoms with Crippen LogP contribution in [-0.2, 0) is 4.79 Å². The van der Waals surface area contributed by atoms with E-state index in [2.05, 4.69) is 10.6 Å². The minimum atomic E-state index is -0.572. The molecule has 0 saturated heterocycles. The van der Waals surface area contributed by atoms with Crippen molar-refractivity contribution in [3.05, 3.63) is 63.2 Å². The maximum absolute atomic E-state index is 12.2. The molecule has 7 nitrogen and oxygen atoms in total. The van der Waals surface area contributed by atoms with Gasteiger partial charge in [0.1, 0.15) is 0 Å². The quantitative estimate of drug-likeness (QED) is 0.633. The van der Waals surface area contributed by atoms with Crippen molar-refractivity contribution in [2.75, 3.05) is 10.6 Å². The lowest BCUT2D eigenvalue weighted by Gasteiger charge is -2.08. The number of anilines is 2. The Bertz CT molecular complexity index is 790. The third kappa shape index (κ3) is 4.30. The predicted molar refractivity (Wildman–Crippen MR) is 91.4 cm³/mol. The minimum Gasteiger partial charge on any atom is -0.326 e. The van der Waals surface area contributed by atoms with E-state index in [1.165, 1.54) is 30.3 Å². The Morgan fingerprint density at radius 1 is 1.12 bits per heavy atom. The molecule has 0 saturated carbocycles. The third-order valence-electron chi connectivity index (χ3n) is 3.16. The number of nitro benzene ring substituents is 1. The van der Waals surface area contributed by atoms with Crippen LogP contribution in [0.2, 0.25) is 5.02 Å². The number of nitro groups is 1. The molecular formula is C16H14ClN3O4. The molecule has 2 aromatic rings. The molecule has 2 rings (SSSR count). The summed E-state index contributed by atoms with van der Waals surface area (Å²) in [6, 6.07) is 10.0. The Balaban J connectivity index is 2.14. The fraction of sp³-hybridized carbons (Fsp3) is 0.125. The van der Waals surface area contributed by atoms with Crippen molar-refractivity contribution < 1.29 is 14.5 Å². The van der Waals surface area contributed by atoms with Crippen molar-refractivity contribution in [1.29, 1.82) is 0 Å². The number of benzene rings is 2. The summed E-state index contributed by atoms with van der Waals surface area (Å²) >= 11 is 5.95. The van der Waals surface area contributed by atoms with Crippen molar-refractivity contribution >= 4 is 40.5 Å². The fourth-order valence-corrected chi connectivity index (χ4v) is 2.04. The van der Waals surface area contributed by atoms with Crippen molar-refractivity contribution in [3.8, 4) is 0 Å². The lowest BCUT2D eigenvalue weighted by atomic mass is 10.2. The van der Waals surface area contributed by atoms with E-state index >= 15 is 0 Å². The first kappa shape index (κ1) is 17.4. The number of non-ortho nitro benzene ring substituents is 1. The molecule has 0 radical (unpaired) electrons. The van der Waals surface area contributed by atoms with Crippen LogP contribution in [-0.4, -0.2) is 16.7 Å². The maximum atomic E-state index is 12.2. The zero-order valence-corrected chi connectivity index (χ0v) is 13.5. The second-order valence-corrected chi connectivity index (χ2v) is 5.26. The molecule has 0 atom stereocenters. The van der Waals surface area contributed by atoms with Crippen LogP contribution >= 0.6 is 11.6 Å². The van der Waals surface area contributed by atoms with Gasteiger partial charge in [-0.3, -0.25) is 19.7 Å². The Morgan fingerprint density at radius 2 is 1.79 bits per heavy atom. The van der Waals surface area contributed by atoms with Crippen LogP contribution in [0.25, 0.3) is 0 Å². The molecular weight excluding hydrogens is 334 g/mol. The number of carbonyl (C=O) groups is 2. The van der Waals surface area contributed by atoms with Crippen LogP contribution in [0.5, 0.6) is 0 Å². The molecule has 124 valence electrons. The highest BCUT2D eigenvalue weighted by molar-refractivity contribution is 6.34. The summed E-state index contributed by atoms with van der Waals surface area (Å²) in [4.78, 5) is 33.7. The number of halogens is 1. The Labute approximate surface area is 142 Å². The predicted octanol–water partition coefficient (Wildman–Crippen LogP) is 3.85. The van der Waals surface area contributed by atoms with Gasteiger partial charge in [-0.05, 0) is 30.3 Å². The number of nitrogens with zero attached hydrogens (tertiary/aromatic N) is 1. The number of rotatable bonds is 5. The van der Waals surface area contributed by atoms with Gasteiger partial charge in [-0.15, -0.1) is 0 Å². The first-order chi connectivity index (χ1) is 11.4. The number of hydrogen-bond acceptors (Lipinski definition) is 4. The minimum absolute atomic E-state index is 0.129. The zero-order valence-electron chi connectivity index (χ0n) is 12.7. The second kappa shape index (κ2) is 7.56. The normalized spacial score (nSPS) is 10.1. The van der Waals surface area contributed by atoms with Gasteiger partial charge in [0.05, 0.1) is 15.6 Å². The van der Waals surface area contributed by atoms with E-state index in [4.69, 9.17) is 11.6 Å². The first-order valence-corrected chi connectivity index (χ1v) is 7.43. The molecule has 0 heterocycles. The Kier molecular flexibility index (Phi) is 5.49. The van der Waals surface area contributed by atoms with Crippen LogP contribution in [0.1, 0.15) is 23.7 Å². The van der Waals surface area contributed by atoms with E-state index in [-0.39, 0.29) is 22.3 Å². The van der Waals surface area contributed by atoms with Gasteiger partial charge < -0.3 is 10.6 Å². The highest BCUT2D eigenvalue weighted by atomic mass is 35.5. The smallest absolute Gasteiger partial charge is 0.271 e. The van der Waals surface area contributed by atoms with E-state index in [1.54, 1.807) is 19.1 Å². The summed E-state index contributed by atoms with van der Waals surface area (Å²) in [7, 11) is 0. The summed E-state index contributed by atoms with van der Waals surface area (Å²) in [6.07, 6.45) is 0.355. The average molecular weight is 348 g/mol. The monoisotopic (exact) mass is 347 g/mol. The fourth-order valence-electron chi connectivity index (χ4n) is 1.87. The van der Waals surface area contributed by atoms with Gasteiger partial charge in [-0.2, -0.15) is 0 Å². The highest BCUT2D eigenvalue weighted by Gasteiger charge is 2.13. The van der Waals surface area contributed by atoms with Gasteiger partial charge in [-0.25, -0.2) is 0 Å². The molecule has 0 unspecified atom stereocenters. The van der Waals surface area contributed by atoms with Crippen LogP contribution in [0.4, 0.5) is 17.1 Å². The molecule has 2 aromatic carbocycles. The van der Waals surface area contributed by atoms with Crippen molar-refractivity contribution in [3.63, 3.8) is 0 Å². The second-order valence-electron chi connectivity index (χ2n) is 4.85. The largest absolute Gasteiger partial charge is 0.326 e. The number of carbonyl (C=O) groups excluding carboxylic acids is 2. The summed E-state index contributed by atoms with van der Waals surface area (Å²) in [5.41, 5.74) is 0.880. The lowest BCUT2D eigenvalue weighted by Crippen LogP contribution is -2.13. The average Bonchev–Trinajstić information content (AvgIpc) is 2.57. The third-order valence-corrected chi connectivity index (χ3v) is 3.49. The first-order valence-electron chi connectivity index (χ1n) is 7.06. The highest BCUT2D eigenvalue weighted by Crippen LogP contribution is 2.27. The molecule has 2 amide bonds. The van der Waals surface area contributed by atoms with E-state index < -0.39 is 10.8 Å². The van der Waals surface area contributed by atoms with Gasteiger partial charge >= 0.3 is 0 Å². The van der Waals surface area contributed by atoms with E-state index in [0.29, 0.717) is 17.7 Å². The molecule has 0 aliphatic carbocycles. The van der Waals surface area contributed by atoms with E-state index in [1.807, 2.05) is 0 Å². The molecule has 0 aromatic heterocycles. The van der Waals surface area contributed by atoms with Crippen molar-refractivity contribution in [2.45, 2.75) is 13.3 Å². The van der Waals surface area contributed by atoms with Crippen LogP contribution in [0, 0.1) is 10.1 Å². The number of hydrogen-bond donors (Lipinski definition) is 2. The molecule has 0 fully saturated rings. The van der Waals surface area contributed by atoms with Crippen LogP contribution < -0.4 is 10.6 Å². The Hall–Kier alpha value is -2.93. The SMILES string of the molecule is CCC(=O)Nc1ccc(C(=O)Nc2cc([N+](=O)[O-])ccc2Cl)cc1. The van der Waals surface area contributed by atoms with E-state index in [0.717, 1.165) is 0 Å². The zero-order chi connectivity index (χ0) is 17.7. The van der Waals surface area contributed by atoms with Crippen molar-refractivity contribution in [1.82, 2.24) is 0 Å². The molecule has 0 spiro atoms. The Morgan fingerprint density at radius 3 is 2.38 bits per heavy atom. The molecule has 24 heavy (non-hydrogen) atoms. The molecule has 0 aliphatic rings. The van der Waals surface area contributed by atoms with Gasteiger partial charge in [0.2, 0.25) is 5.91 Å². The van der Waals surface area contributed by atoms with Gasteiger partial charge in [-0.1, -0.05) is 18.5 Å². The van der Waals surface area contributed by atoms with Gasteiger partial charge in [0.15, 0.2) is 0 Å². The summed E-state index contributed by atoms with van der Waals surface area (Å²) in [5, 5.41) is 16.2. The standard InChI is InChI=1S/C16H14ClN3O4/c1-2-15(21)18-11-5-3-10(4-6-11)16(22)19-14-9-12(20(23)24)7-8-13(14)17/h3-9H,2H2,1H3,(H,18,21)(H,19,22). The molecule has 0 aliphatic heterocycles. The van der Waals surface area contributed by atoms with Gasteiger partial charge in [0, 0.05) is 29.8 Å². The van der Waals surface area contributed by atoms with E-state index in [9.17, 15) is 19.7 Å². The molecule has 2 N–H and O–H groups in total. The topological polar surface area (TPSA) is 101 Å². The summed E-state index contributed by atoms with van der Waals surface area (Å²) < 4.78 is 0. The van der Waals surface area contributed by atoms with Gasteiger partial charge in [0.25, 0.3) is 11.6 Å². The van der Waals surface area contributed by atoms with Crippen LogP contribution in [0.15, 0.2) is 42.5 Å². The molecule has 0 bridgehead atoms. The summed E-state index contributed by atoms with van der Waals surface area (Å²) in [5.74, 6) is -0.596. The van der Waals surface area contributed by atoms with Crippen LogP contribution in [0.3, 0.4) is 0 Å². The lowest BCUT2D eigenvalue weighted by molar-refractivity contribution is -0.384. The number of amides is 2. The summed E-state index contributed by atoms with van der Waals surface area (Å²) in [6.45, 7) is 1.74. The maximum Gasteiger partial charge on any atom is 0.271 e.